The van der Waals surface area contributed by atoms with Gasteiger partial charge in [-0.15, -0.1) is 22.7 Å². The highest BCUT2D eigenvalue weighted by Crippen LogP contribution is 2.22. The van der Waals surface area contributed by atoms with E-state index in [-0.39, 0.29) is 5.91 Å². The van der Waals surface area contributed by atoms with E-state index in [0.29, 0.717) is 11.4 Å². The maximum absolute atomic E-state index is 12.5. The quantitative estimate of drug-likeness (QED) is 0.745. The van der Waals surface area contributed by atoms with Crippen LogP contribution in [0.5, 0.6) is 0 Å². The van der Waals surface area contributed by atoms with Gasteiger partial charge in [-0.1, -0.05) is 0 Å². The zero-order valence-electron chi connectivity index (χ0n) is 12.4. The maximum Gasteiger partial charge on any atom is 0.265 e. The molecule has 5 nitrogen and oxygen atoms in total. The van der Waals surface area contributed by atoms with Gasteiger partial charge in [-0.25, -0.2) is 9.97 Å². The van der Waals surface area contributed by atoms with Crippen LogP contribution < -0.4 is 0 Å². The Morgan fingerprint density at radius 1 is 1.33 bits per heavy atom. The molecule has 0 atom stereocenters. The van der Waals surface area contributed by atoms with E-state index >= 15 is 0 Å². The van der Waals surface area contributed by atoms with Gasteiger partial charge >= 0.3 is 0 Å². The third-order valence-electron chi connectivity index (χ3n) is 3.41. The first-order valence-corrected chi connectivity index (χ1v) is 8.26. The van der Waals surface area contributed by atoms with E-state index in [2.05, 4.69) is 27.5 Å². The van der Waals surface area contributed by atoms with Crippen LogP contribution in [-0.2, 0) is 6.54 Å². The lowest BCUT2D eigenvalue weighted by Crippen LogP contribution is -2.27. The molecule has 0 saturated carbocycles. The van der Waals surface area contributed by atoms with Crippen molar-refractivity contribution in [3.63, 3.8) is 0 Å². The van der Waals surface area contributed by atoms with Crippen molar-refractivity contribution in [2.45, 2.75) is 27.3 Å². The number of imidazole rings is 1. The number of carbonyl (C=O) groups excluding carboxylic acids is 1. The van der Waals surface area contributed by atoms with Crippen LogP contribution in [-0.4, -0.2) is 32.2 Å². The molecule has 0 aliphatic rings. The average molecular weight is 320 g/mol. The Labute approximate surface area is 130 Å². The second kappa shape index (κ2) is 5.23. The van der Waals surface area contributed by atoms with Gasteiger partial charge in [-0.3, -0.25) is 9.20 Å². The minimum Gasteiger partial charge on any atom is -0.335 e. The highest BCUT2D eigenvalue weighted by molar-refractivity contribution is 7.17. The van der Waals surface area contributed by atoms with Crippen LogP contribution in [0, 0.1) is 20.8 Å². The SMILES string of the molecule is Cc1cn2c(CN(C)C(=O)c3scnc3C)c(C)nc2s1. The number of hydrogen-bond donors (Lipinski definition) is 0. The van der Waals surface area contributed by atoms with E-state index in [0.717, 1.165) is 22.0 Å². The molecule has 0 saturated heterocycles. The van der Waals surface area contributed by atoms with Crippen LogP contribution in [0.4, 0.5) is 0 Å². The average Bonchev–Trinajstić information content (AvgIpc) is 3.06. The Kier molecular flexibility index (Phi) is 3.54. The zero-order chi connectivity index (χ0) is 15.1. The Bertz CT molecular complexity index is 814. The standard InChI is InChI=1S/C14H16N4OS2/c1-8-5-18-11(9(2)16-14(18)21-8)6-17(4)13(19)12-10(3)15-7-20-12/h5,7H,6H2,1-4H3. The van der Waals surface area contributed by atoms with Gasteiger partial charge < -0.3 is 4.90 Å². The predicted molar refractivity (Wildman–Crippen MR) is 85.2 cm³/mol. The van der Waals surface area contributed by atoms with Crippen molar-refractivity contribution in [3.05, 3.63) is 38.5 Å². The van der Waals surface area contributed by atoms with Crippen LogP contribution >= 0.6 is 22.7 Å². The van der Waals surface area contributed by atoms with Crippen molar-refractivity contribution in [2.75, 3.05) is 7.05 Å². The highest BCUT2D eigenvalue weighted by atomic mass is 32.1. The van der Waals surface area contributed by atoms with Crippen molar-refractivity contribution in [3.8, 4) is 0 Å². The minimum absolute atomic E-state index is 0.0105. The second-order valence-corrected chi connectivity index (χ2v) is 7.13. The largest absolute Gasteiger partial charge is 0.335 e. The zero-order valence-corrected chi connectivity index (χ0v) is 14.0. The summed E-state index contributed by atoms with van der Waals surface area (Å²) in [5, 5.41) is 0. The molecule has 0 N–H and O–H groups in total. The van der Waals surface area contributed by atoms with E-state index in [1.54, 1.807) is 21.7 Å². The molecule has 3 aromatic heterocycles. The molecule has 0 unspecified atom stereocenters. The lowest BCUT2D eigenvalue weighted by atomic mass is 10.3. The molecule has 3 aromatic rings. The Morgan fingerprint density at radius 2 is 2.10 bits per heavy atom. The third kappa shape index (κ3) is 2.47. The minimum atomic E-state index is 0.0105. The van der Waals surface area contributed by atoms with Crippen molar-refractivity contribution in [2.24, 2.45) is 0 Å². The number of carbonyl (C=O) groups is 1. The summed E-state index contributed by atoms with van der Waals surface area (Å²) in [4.78, 5) is 25.8. The molecule has 1 amide bonds. The van der Waals surface area contributed by atoms with Crippen molar-refractivity contribution in [1.29, 1.82) is 0 Å². The van der Waals surface area contributed by atoms with Gasteiger partial charge in [0.15, 0.2) is 4.96 Å². The first-order chi connectivity index (χ1) is 9.97. The van der Waals surface area contributed by atoms with E-state index < -0.39 is 0 Å². The summed E-state index contributed by atoms with van der Waals surface area (Å²) in [5.74, 6) is 0.0105. The van der Waals surface area contributed by atoms with Crippen LogP contribution in [0.15, 0.2) is 11.7 Å². The molecule has 7 heteroatoms. The third-order valence-corrected chi connectivity index (χ3v) is 5.23. The monoisotopic (exact) mass is 320 g/mol. The summed E-state index contributed by atoms with van der Waals surface area (Å²) < 4.78 is 2.08. The number of nitrogens with zero attached hydrogens (tertiary/aromatic N) is 4. The fourth-order valence-corrected chi connectivity index (χ4v) is 3.96. The number of aryl methyl sites for hydroxylation is 3. The number of thiazole rings is 2. The molecular formula is C14H16N4OS2. The van der Waals surface area contributed by atoms with E-state index in [1.165, 1.54) is 16.2 Å². The normalized spacial score (nSPS) is 11.2. The van der Waals surface area contributed by atoms with Gasteiger partial charge in [0.1, 0.15) is 4.88 Å². The van der Waals surface area contributed by atoms with Crippen LogP contribution in [0.3, 0.4) is 0 Å². The molecule has 0 radical (unpaired) electrons. The maximum atomic E-state index is 12.5. The van der Waals surface area contributed by atoms with E-state index in [4.69, 9.17) is 0 Å². The molecule has 0 fully saturated rings. The van der Waals surface area contributed by atoms with Crippen LogP contribution in [0.1, 0.15) is 31.6 Å². The fraction of sp³-hybridized carbons (Fsp3) is 0.357. The second-order valence-electron chi connectivity index (χ2n) is 5.07. The van der Waals surface area contributed by atoms with Gasteiger partial charge in [-0.2, -0.15) is 0 Å². The number of amides is 1. The molecule has 0 aliphatic heterocycles. The van der Waals surface area contributed by atoms with Crippen LogP contribution in [0.25, 0.3) is 4.96 Å². The first-order valence-electron chi connectivity index (χ1n) is 6.57. The highest BCUT2D eigenvalue weighted by Gasteiger charge is 2.19. The summed E-state index contributed by atoms with van der Waals surface area (Å²) in [6.07, 6.45) is 2.07. The summed E-state index contributed by atoms with van der Waals surface area (Å²) in [6, 6.07) is 0. The van der Waals surface area contributed by atoms with Gasteiger partial charge in [0, 0.05) is 18.1 Å². The number of aromatic nitrogens is 3. The van der Waals surface area contributed by atoms with Gasteiger partial charge in [0.25, 0.3) is 5.91 Å². The molecule has 0 aromatic carbocycles. The summed E-state index contributed by atoms with van der Waals surface area (Å²) in [6.45, 7) is 6.45. The van der Waals surface area contributed by atoms with Crippen molar-refractivity contribution in [1.82, 2.24) is 19.3 Å². The molecule has 3 heterocycles. The fourth-order valence-electron chi connectivity index (χ4n) is 2.28. The summed E-state index contributed by atoms with van der Waals surface area (Å²) in [7, 11) is 1.82. The van der Waals surface area contributed by atoms with E-state index in [1.807, 2.05) is 20.9 Å². The molecule has 110 valence electrons. The topological polar surface area (TPSA) is 50.5 Å². The molecule has 0 aliphatic carbocycles. The van der Waals surface area contributed by atoms with E-state index in [9.17, 15) is 4.79 Å². The molecular weight excluding hydrogens is 304 g/mol. The van der Waals surface area contributed by atoms with Crippen molar-refractivity contribution >= 4 is 33.5 Å². The van der Waals surface area contributed by atoms with Gasteiger partial charge in [0.2, 0.25) is 0 Å². The van der Waals surface area contributed by atoms with Gasteiger partial charge in [0.05, 0.1) is 29.1 Å². The smallest absolute Gasteiger partial charge is 0.265 e. The summed E-state index contributed by atoms with van der Waals surface area (Å²) in [5.41, 5.74) is 4.54. The molecule has 3 rings (SSSR count). The summed E-state index contributed by atoms with van der Waals surface area (Å²) >= 11 is 3.05. The predicted octanol–water partition coefficient (Wildman–Crippen LogP) is 3.05. The molecule has 0 spiro atoms. The Hall–Kier alpha value is -1.73. The molecule has 21 heavy (non-hydrogen) atoms. The number of fused-ring (bicyclic) bond motifs is 1. The number of hydrogen-bond acceptors (Lipinski definition) is 5. The number of rotatable bonds is 3. The lowest BCUT2D eigenvalue weighted by molar-refractivity contribution is 0.0787. The Morgan fingerprint density at radius 3 is 2.76 bits per heavy atom. The van der Waals surface area contributed by atoms with Gasteiger partial charge in [-0.05, 0) is 20.8 Å². The molecule has 0 bridgehead atoms. The lowest BCUT2D eigenvalue weighted by Gasteiger charge is -2.16. The van der Waals surface area contributed by atoms with Crippen LogP contribution in [0.2, 0.25) is 0 Å². The van der Waals surface area contributed by atoms with Crippen molar-refractivity contribution < 1.29 is 4.79 Å². The first kappa shape index (κ1) is 14.2. The Balaban J connectivity index is 1.89.